The lowest BCUT2D eigenvalue weighted by molar-refractivity contribution is -0.131. The Morgan fingerprint density at radius 3 is 2.50 bits per heavy atom. The average molecular weight is 502 g/mol. The molecule has 0 aliphatic carbocycles. The quantitative estimate of drug-likeness (QED) is 0.575. The SMILES string of the molecule is CC(=O)N1CCCN(C(=O)c2cc3c(N[C@H](C)c4cccc(C(F)F)c4F)ncnc3n(C)c2=O)C1. The first-order valence-corrected chi connectivity index (χ1v) is 11.3. The summed E-state index contributed by atoms with van der Waals surface area (Å²) in [6.45, 7) is 3.98. The Morgan fingerprint density at radius 2 is 1.81 bits per heavy atom. The van der Waals surface area contributed by atoms with Crippen molar-refractivity contribution in [3.05, 3.63) is 63.5 Å². The molecule has 1 N–H and O–H groups in total. The van der Waals surface area contributed by atoms with Crippen molar-refractivity contribution >= 4 is 28.7 Å². The summed E-state index contributed by atoms with van der Waals surface area (Å²) in [6, 6.07) is 4.36. The highest BCUT2D eigenvalue weighted by atomic mass is 19.3. The fourth-order valence-electron chi connectivity index (χ4n) is 4.28. The molecular weight excluding hydrogens is 477 g/mol. The summed E-state index contributed by atoms with van der Waals surface area (Å²) in [5.41, 5.74) is -1.16. The van der Waals surface area contributed by atoms with E-state index in [1.54, 1.807) is 6.92 Å². The van der Waals surface area contributed by atoms with E-state index in [9.17, 15) is 27.6 Å². The molecule has 1 fully saturated rings. The summed E-state index contributed by atoms with van der Waals surface area (Å²) in [6.07, 6.45) is -1.18. The molecular formula is C24H25F3N6O3. The molecule has 2 aromatic heterocycles. The van der Waals surface area contributed by atoms with Crippen LogP contribution in [0.3, 0.4) is 0 Å². The second kappa shape index (κ2) is 9.96. The Labute approximate surface area is 204 Å². The Bertz CT molecular complexity index is 1390. The van der Waals surface area contributed by atoms with Crippen molar-refractivity contribution in [2.24, 2.45) is 7.05 Å². The second-order valence-corrected chi connectivity index (χ2v) is 8.64. The molecule has 0 radical (unpaired) electrons. The Morgan fingerprint density at radius 1 is 1.11 bits per heavy atom. The predicted molar refractivity (Wildman–Crippen MR) is 126 cm³/mol. The largest absolute Gasteiger partial charge is 0.363 e. The van der Waals surface area contributed by atoms with E-state index in [2.05, 4.69) is 15.3 Å². The highest BCUT2D eigenvalue weighted by molar-refractivity contribution is 5.99. The fourth-order valence-corrected chi connectivity index (χ4v) is 4.28. The van der Waals surface area contributed by atoms with Crippen LogP contribution in [0.4, 0.5) is 19.0 Å². The number of carbonyl (C=O) groups excluding carboxylic acids is 2. The molecule has 36 heavy (non-hydrogen) atoms. The number of nitrogens with zero attached hydrogens (tertiary/aromatic N) is 5. The number of aryl methyl sites for hydroxylation is 1. The molecule has 12 heteroatoms. The number of nitrogens with one attached hydrogen (secondary N) is 1. The minimum Gasteiger partial charge on any atom is -0.363 e. The lowest BCUT2D eigenvalue weighted by atomic mass is 10.0. The molecule has 9 nitrogen and oxygen atoms in total. The third-order valence-corrected chi connectivity index (χ3v) is 6.28. The van der Waals surface area contributed by atoms with Gasteiger partial charge < -0.3 is 15.1 Å². The summed E-state index contributed by atoms with van der Waals surface area (Å²) in [5.74, 6) is -1.53. The van der Waals surface area contributed by atoms with Crippen molar-refractivity contribution in [3.8, 4) is 0 Å². The van der Waals surface area contributed by atoms with E-state index in [0.717, 1.165) is 6.07 Å². The zero-order valence-electron chi connectivity index (χ0n) is 20.0. The van der Waals surface area contributed by atoms with E-state index in [0.29, 0.717) is 24.9 Å². The molecule has 2 amide bonds. The maximum Gasteiger partial charge on any atom is 0.266 e. The number of carbonyl (C=O) groups is 2. The van der Waals surface area contributed by atoms with Crippen LogP contribution in [0.1, 0.15) is 54.2 Å². The summed E-state index contributed by atoms with van der Waals surface area (Å²) in [7, 11) is 1.46. The number of halogens is 3. The third kappa shape index (κ3) is 4.62. The summed E-state index contributed by atoms with van der Waals surface area (Å²) in [5, 5.41) is 3.31. The predicted octanol–water partition coefficient (Wildman–Crippen LogP) is 3.23. The normalized spacial score (nSPS) is 14.9. The van der Waals surface area contributed by atoms with Crippen molar-refractivity contribution in [1.82, 2.24) is 24.3 Å². The van der Waals surface area contributed by atoms with E-state index in [1.165, 1.54) is 52.9 Å². The molecule has 3 aromatic rings. The van der Waals surface area contributed by atoms with Gasteiger partial charge in [0.05, 0.1) is 23.7 Å². The average Bonchev–Trinajstić information content (AvgIpc) is 2.86. The van der Waals surface area contributed by atoms with Crippen molar-refractivity contribution < 1.29 is 22.8 Å². The van der Waals surface area contributed by atoms with Crippen molar-refractivity contribution in [2.75, 3.05) is 25.1 Å². The number of hydrogen-bond acceptors (Lipinski definition) is 6. The van der Waals surface area contributed by atoms with Crippen LogP contribution in [0.2, 0.25) is 0 Å². The molecule has 1 saturated heterocycles. The first-order valence-electron chi connectivity index (χ1n) is 11.3. The van der Waals surface area contributed by atoms with Gasteiger partial charge in [0.2, 0.25) is 5.91 Å². The van der Waals surface area contributed by atoms with Gasteiger partial charge >= 0.3 is 0 Å². The number of benzene rings is 1. The Kier molecular flexibility index (Phi) is 6.95. The Balaban J connectivity index is 1.72. The highest BCUT2D eigenvalue weighted by Gasteiger charge is 2.27. The maximum absolute atomic E-state index is 14.7. The van der Waals surface area contributed by atoms with Crippen LogP contribution in [0.25, 0.3) is 11.0 Å². The lowest BCUT2D eigenvalue weighted by Gasteiger charge is -2.35. The first kappa shape index (κ1) is 25.1. The van der Waals surface area contributed by atoms with Gasteiger partial charge in [-0.15, -0.1) is 0 Å². The number of rotatable bonds is 5. The topological polar surface area (TPSA) is 100 Å². The number of aromatic nitrogens is 3. The zero-order chi connectivity index (χ0) is 26.1. The first-order chi connectivity index (χ1) is 17.1. The monoisotopic (exact) mass is 502 g/mol. The van der Waals surface area contributed by atoms with Gasteiger partial charge in [0.1, 0.15) is 29.2 Å². The molecule has 0 bridgehead atoms. The van der Waals surface area contributed by atoms with E-state index >= 15 is 0 Å². The number of pyridine rings is 1. The Hall–Kier alpha value is -3.96. The molecule has 190 valence electrons. The summed E-state index contributed by atoms with van der Waals surface area (Å²) >= 11 is 0. The van der Waals surface area contributed by atoms with Crippen molar-refractivity contribution in [3.63, 3.8) is 0 Å². The van der Waals surface area contributed by atoms with Gasteiger partial charge in [-0.25, -0.2) is 23.1 Å². The van der Waals surface area contributed by atoms with E-state index in [1.807, 2.05) is 0 Å². The van der Waals surface area contributed by atoms with Crippen LogP contribution < -0.4 is 10.9 Å². The minimum atomic E-state index is -2.96. The zero-order valence-corrected chi connectivity index (χ0v) is 20.0. The van der Waals surface area contributed by atoms with E-state index < -0.39 is 35.3 Å². The standard InChI is InChI=1S/C24H25F3N6O3/c1-13(15-6-4-7-16(19(15)25)20(26)27)30-21-17-10-18(23(35)31(3)22(17)29-11-28-21)24(36)33-9-5-8-32(12-33)14(2)34/h4,6-7,10-11,13,20H,5,8-9,12H2,1-3H3,(H,28,29,30)/t13-/m1/s1. The maximum atomic E-state index is 14.7. The summed E-state index contributed by atoms with van der Waals surface area (Å²) in [4.78, 5) is 49.4. The minimum absolute atomic E-state index is 0.0123. The van der Waals surface area contributed by atoms with Crippen LogP contribution in [0.5, 0.6) is 0 Å². The third-order valence-electron chi connectivity index (χ3n) is 6.28. The van der Waals surface area contributed by atoms with Crippen LogP contribution in [-0.4, -0.2) is 55.9 Å². The van der Waals surface area contributed by atoms with Gasteiger partial charge in [0, 0.05) is 32.6 Å². The number of anilines is 1. The lowest BCUT2D eigenvalue weighted by Crippen LogP contribution is -2.50. The van der Waals surface area contributed by atoms with Crippen molar-refractivity contribution in [1.29, 1.82) is 0 Å². The van der Waals surface area contributed by atoms with Gasteiger partial charge in [-0.1, -0.05) is 18.2 Å². The number of amides is 2. The van der Waals surface area contributed by atoms with Gasteiger partial charge in [0.25, 0.3) is 17.9 Å². The molecule has 0 spiro atoms. The van der Waals surface area contributed by atoms with Gasteiger partial charge in [-0.2, -0.15) is 0 Å². The molecule has 0 unspecified atom stereocenters. The number of fused-ring (bicyclic) bond motifs is 1. The number of alkyl halides is 2. The molecule has 1 aliphatic rings. The van der Waals surface area contributed by atoms with E-state index in [-0.39, 0.29) is 35.2 Å². The molecule has 4 rings (SSSR count). The smallest absolute Gasteiger partial charge is 0.266 e. The van der Waals surface area contributed by atoms with Crippen LogP contribution in [-0.2, 0) is 11.8 Å². The molecule has 1 atom stereocenters. The fraction of sp³-hybridized carbons (Fsp3) is 0.375. The van der Waals surface area contributed by atoms with Crippen LogP contribution in [0, 0.1) is 5.82 Å². The molecule has 1 aliphatic heterocycles. The van der Waals surface area contributed by atoms with Crippen molar-refractivity contribution in [2.45, 2.75) is 32.7 Å². The second-order valence-electron chi connectivity index (χ2n) is 8.64. The number of hydrogen-bond donors (Lipinski definition) is 1. The molecule has 3 heterocycles. The highest BCUT2D eigenvalue weighted by Crippen LogP contribution is 2.30. The van der Waals surface area contributed by atoms with Crippen LogP contribution >= 0.6 is 0 Å². The van der Waals surface area contributed by atoms with Crippen LogP contribution in [0.15, 0.2) is 35.4 Å². The molecule has 1 aromatic carbocycles. The van der Waals surface area contributed by atoms with E-state index in [4.69, 9.17) is 0 Å². The van der Waals surface area contributed by atoms with Gasteiger partial charge in [-0.05, 0) is 19.4 Å². The summed E-state index contributed by atoms with van der Waals surface area (Å²) < 4.78 is 42.2. The van der Waals surface area contributed by atoms with Gasteiger partial charge in [0.15, 0.2) is 0 Å². The van der Waals surface area contributed by atoms with Gasteiger partial charge in [-0.3, -0.25) is 19.0 Å². The molecule has 0 saturated carbocycles.